The molecular formula is C12H11Br2NO2. The lowest BCUT2D eigenvalue weighted by Crippen LogP contribution is -2.34. The van der Waals surface area contributed by atoms with Crippen molar-refractivity contribution in [3.05, 3.63) is 20.6 Å². The van der Waals surface area contributed by atoms with Crippen LogP contribution in [0.4, 0.5) is 5.69 Å². The van der Waals surface area contributed by atoms with Crippen LogP contribution in [0.2, 0.25) is 0 Å². The Kier molecular flexibility index (Phi) is 2.91. The largest absolute Gasteiger partial charge is 0.490 e. The molecule has 1 amide bonds. The van der Waals surface area contributed by atoms with Crippen LogP contribution in [-0.2, 0) is 11.2 Å². The number of carbonyl (C=O) groups is 1. The Morgan fingerprint density at radius 2 is 2.06 bits per heavy atom. The third kappa shape index (κ3) is 1.80. The van der Waals surface area contributed by atoms with E-state index in [0.717, 1.165) is 39.8 Å². The van der Waals surface area contributed by atoms with Gasteiger partial charge in [0.2, 0.25) is 5.91 Å². The molecular weight excluding hydrogens is 350 g/mol. The molecule has 2 aliphatic rings. The summed E-state index contributed by atoms with van der Waals surface area (Å²) >= 11 is 7.08. The smallest absolute Gasteiger partial charge is 0.230 e. The standard InChI is InChI=1S/C12H11Br2NO2/c13-8-6-9(14)12-11-7(8)2-1-4-15(11)10(16)3-5-17-12/h6H,1-5H2. The van der Waals surface area contributed by atoms with E-state index < -0.39 is 0 Å². The number of halogens is 2. The Morgan fingerprint density at radius 1 is 1.24 bits per heavy atom. The molecule has 0 saturated carbocycles. The lowest BCUT2D eigenvalue weighted by atomic mass is 10.0. The number of nitrogens with zero attached hydrogens (tertiary/aromatic N) is 1. The number of hydrogen-bond donors (Lipinski definition) is 0. The van der Waals surface area contributed by atoms with E-state index in [0.29, 0.717) is 13.0 Å². The summed E-state index contributed by atoms with van der Waals surface area (Å²) in [4.78, 5) is 13.9. The van der Waals surface area contributed by atoms with Crippen molar-refractivity contribution in [1.82, 2.24) is 0 Å². The van der Waals surface area contributed by atoms with Gasteiger partial charge in [0, 0.05) is 11.0 Å². The van der Waals surface area contributed by atoms with Crippen molar-refractivity contribution in [2.45, 2.75) is 19.3 Å². The maximum absolute atomic E-state index is 12.0. The van der Waals surface area contributed by atoms with Crippen LogP contribution in [0.1, 0.15) is 18.4 Å². The first-order chi connectivity index (χ1) is 8.18. The molecule has 0 fully saturated rings. The highest BCUT2D eigenvalue weighted by Gasteiger charge is 2.31. The molecule has 3 rings (SSSR count). The highest BCUT2D eigenvalue weighted by molar-refractivity contribution is 9.11. The molecule has 0 aromatic heterocycles. The van der Waals surface area contributed by atoms with Gasteiger partial charge >= 0.3 is 0 Å². The third-order valence-corrected chi connectivity index (χ3v) is 4.50. The van der Waals surface area contributed by atoms with Crippen LogP contribution in [0.25, 0.3) is 0 Å². The second kappa shape index (κ2) is 4.28. The molecule has 0 aliphatic carbocycles. The molecule has 17 heavy (non-hydrogen) atoms. The van der Waals surface area contributed by atoms with Crippen LogP contribution in [0.15, 0.2) is 15.0 Å². The molecule has 2 aliphatic heterocycles. The molecule has 0 N–H and O–H groups in total. The monoisotopic (exact) mass is 359 g/mol. The van der Waals surface area contributed by atoms with Crippen LogP contribution in [0.5, 0.6) is 5.75 Å². The van der Waals surface area contributed by atoms with Crippen molar-refractivity contribution in [3.8, 4) is 5.75 Å². The van der Waals surface area contributed by atoms with Crippen molar-refractivity contribution in [2.75, 3.05) is 18.1 Å². The van der Waals surface area contributed by atoms with E-state index in [-0.39, 0.29) is 5.91 Å². The number of rotatable bonds is 0. The van der Waals surface area contributed by atoms with Crippen LogP contribution in [-0.4, -0.2) is 19.1 Å². The quantitative estimate of drug-likeness (QED) is 0.710. The minimum Gasteiger partial charge on any atom is -0.490 e. The average Bonchev–Trinajstić information content (AvgIpc) is 2.48. The SMILES string of the molecule is O=C1CCOc2c(Br)cc(Br)c3c2N1CCC3. The summed E-state index contributed by atoms with van der Waals surface area (Å²) in [5, 5.41) is 0. The first-order valence-electron chi connectivity index (χ1n) is 5.62. The fraction of sp³-hybridized carbons (Fsp3) is 0.417. The zero-order valence-corrected chi connectivity index (χ0v) is 12.3. The number of anilines is 1. The molecule has 0 saturated heterocycles. The van der Waals surface area contributed by atoms with Gasteiger partial charge in [-0.3, -0.25) is 4.79 Å². The molecule has 0 spiro atoms. The van der Waals surface area contributed by atoms with Crippen LogP contribution < -0.4 is 9.64 Å². The summed E-state index contributed by atoms with van der Waals surface area (Å²) in [7, 11) is 0. The number of amides is 1. The maximum Gasteiger partial charge on any atom is 0.230 e. The first-order valence-corrected chi connectivity index (χ1v) is 7.21. The van der Waals surface area contributed by atoms with Crippen molar-refractivity contribution in [3.63, 3.8) is 0 Å². The highest BCUT2D eigenvalue weighted by atomic mass is 79.9. The van der Waals surface area contributed by atoms with E-state index in [1.54, 1.807) is 0 Å². The Bertz CT molecular complexity index is 502. The van der Waals surface area contributed by atoms with Crippen molar-refractivity contribution >= 4 is 43.5 Å². The molecule has 0 unspecified atom stereocenters. The normalized spacial score (nSPS) is 18.5. The fourth-order valence-electron chi connectivity index (χ4n) is 2.44. The second-order valence-corrected chi connectivity index (χ2v) is 5.95. The molecule has 5 heteroatoms. The Hall–Kier alpha value is -0.550. The first kappa shape index (κ1) is 11.5. The number of benzene rings is 1. The molecule has 1 aromatic rings. The third-order valence-electron chi connectivity index (χ3n) is 3.20. The summed E-state index contributed by atoms with van der Waals surface area (Å²) in [6, 6.07) is 2.01. The van der Waals surface area contributed by atoms with Gasteiger partial charge in [-0.05, 0) is 40.4 Å². The Labute approximate surface area is 116 Å². The van der Waals surface area contributed by atoms with Crippen molar-refractivity contribution in [1.29, 1.82) is 0 Å². The second-order valence-electron chi connectivity index (χ2n) is 4.24. The summed E-state index contributed by atoms with van der Waals surface area (Å²) in [5.74, 6) is 0.975. The van der Waals surface area contributed by atoms with Gasteiger partial charge in [-0.2, -0.15) is 0 Å². The Balaban J connectivity index is 2.28. The molecule has 90 valence electrons. The van der Waals surface area contributed by atoms with Gasteiger partial charge in [0.1, 0.15) is 0 Å². The molecule has 1 aromatic carbocycles. The summed E-state index contributed by atoms with van der Waals surface area (Å²) in [6.45, 7) is 1.26. The highest BCUT2D eigenvalue weighted by Crippen LogP contribution is 2.46. The zero-order valence-electron chi connectivity index (χ0n) is 9.13. The van der Waals surface area contributed by atoms with Gasteiger partial charge in [0.25, 0.3) is 0 Å². The Morgan fingerprint density at radius 3 is 2.88 bits per heavy atom. The maximum atomic E-state index is 12.0. The lowest BCUT2D eigenvalue weighted by molar-refractivity contribution is -0.118. The van der Waals surface area contributed by atoms with Gasteiger partial charge in [-0.15, -0.1) is 0 Å². The van der Waals surface area contributed by atoms with E-state index >= 15 is 0 Å². The van der Waals surface area contributed by atoms with Gasteiger partial charge in [-0.1, -0.05) is 15.9 Å². The molecule has 0 atom stereocenters. The minimum atomic E-state index is 0.162. The van der Waals surface area contributed by atoms with Crippen LogP contribution in [0, 0.1) is 0 Å². The van der Waals surface area contributed by atoms with E-state index in [1.165, 1.54) is 5.56 Å². The topological polar surface area (TPSA) is 29.5 Å². The van der Waals surface area contributed by atoms with E-state index in [9.17, 15) is 4.79 Å². The number of carbonyl (C=O) groups excluding carboxylic acids is 1. The number of hydrogen-bond acceptors (Lipinski definition) is 2. The van der Waals surface area contributed by atoms with Crippen LogP contribution >= 0.6 is 31.9 Å². The fourth-order valence-corrected chi connectivity index (χ4v) is 3.89. The zero-order chi connectivity index (χ0) is 12.0. The predicted molar refractivity (Wildman–Crippen MR) is 72.6 cm³/mol. The summed E-state index contributed by atoms with van der Waals surface area (Å²) < 4.78 is 7.68. The molecule has 2 heterocycles. The van der Waals surface area contributed by atoms with Crippen molar-refractivity contribution < 1.29 is 9.53 Å². The predicted octanol–water partition coefficient (Wildman–Crippen LogP) is 3.27. The van der Waals surface area contributed by atoms with Crippen LogP contribution in [0.3, 0.4) is 0 Å². The molecule has 0 bridgehead atoms. The molecule has 3 nitrogen and oxygen atoms in total. The van der Waals surface area contributed by atoms with Gasteiger partial charge < -0.3 is 9.64 Å². The number of ether oxygens (including phenoxy) is 1. The average molecular weight is 361 g/mol. The van der Waals surface area contributed by atoms with Gasteiger partial charge in [0.05, 0.1) is 23.2 Å². The summed E-state index contributed by atoms with van der Waals surface area (Å²) in [5.41, 5.74) is 2.14. The minimum absolute atomic E-state index is 0.162. The van der Waals surface area contributed by atoms with Gasteiger partial charge in [0.15, 0.2) is 5.75 Å². The lowest BCUT2D eigenvalue weighted by Gasteiger charge is -2.30. The molecule has 0 radical (unpaired) electrons. The van der Waals surface area contributed by atoms with E-state index in [4.69, 9.17) is 4.74 Å². The summed E-state index contributed by atoms with van der Waals surface area (Å²) in [6.07, 6.45) is 2.46. The van der Waals surface area contributed by atoms with E-state index in [1.807, 2.05) is 11.0 Å². The van der Waals surface area contributed by atoms with Crippen molar-refractivity contribution in [2.24, 2.45) is 0 Å². The van der Waals surface area contributed by atoms with Gasteiger partial charge in [-0.25, -0.2) is 0 Å². The van der Waals surface area contributed by atoms with E-state index in [2.05, 4.69) is 31.9 Å².